The Hall–Kier alpha value is -1.70. The first-order valence-corrected chi connectivity index (χ1v) is 10.0. The molecule has 0 saturated heterocycles. The van der Waals surface area contributed by atoms with Gasteiger partial charge in [0.2, 0.25) is 11.6 Å². The Bertz CT molecular complexity index is 741. The molecule has 5 aliphatic carbocycles. The lowest BCUT2D eigenvalue weighted by Crippen LogP contribution is -2.70. The summed E-state index contributed by atoms with van der Waals surface area (Å²) < 4.78 is 0. The predicted molar refractivity (Wildman–Crippen MR) is 97.3 cm³/mol. The van der Waals surface area contributed by atoms with E-state index in [1.165, 1.54) is 11.1 Å². The van der Waals surface area contributed by atoms with Gasteiger partial charge in [0.05, 0.1) is 10.8 Å². The molecule has 0 aliphatic heterocycles. The van der Waals surface area contributed by atoms with E-state index in [1.54, 1.807) is 0 Å². The monoisotopic (exact) mass is 334 g/mol. The Morgan fingerprint density at radius 2 is 1.28 bits per heavy atom. The number of hydrogen-bond donors (Lipinski definition) is 0. The molecule has 0 N–H and O–H groups in total. The van der Waals surface area contributed by atoms with Crippen LogP contribution in [0.1, 0.15) is 57.1 Å². The molecular weight excluding hydrogens is 308 g/mol. The van der Waals surface area contributed by atoms with Gasteiger partial charge in [-0.25, -0.2) is 0 Å². The Labute approximate surface area is 149 Å². The van der Waals surface area contributed by atoms with E-state index in [-0.39, 0.29) is 11.6 Å². The average Bonchev–Trinajstić information content (AvgIpc) is 3.24. The third-order valence-corrected chi connectivity index (χ3v) is 7.79. The van der Waals surface area contributed by atoms with Crippen molar-refractivity contribution in [1.82, 2.24) is 0 Å². The van der Waals surface area contributed by atoms with Crippen molar-refractivity contribution in [2.75, 3.05) is 0 Å². The number of ketones is 2. The van der Waals surface area contributed by atoms with Crippen molar-refractivity contribution in [2.24, 2.45) is 23.7 Å². The van der Waals surface area contributed by atoms with Crippen LogP contribution in [0.5, 0.6) is 0 Å². The van der Waals surface area contributed by atoms with Crippen LogP contribution in [0.3, 0.4) is 0 Å². The van der Waals surface area contributed by atoms with Gasteiger partial charge in [-0.3, -0.25) is 9.59 Å². The van der Waals surface area contributed by atoms with Crippen molar-refractivity contribution in [3.8, 4) is 0 Å². The normalized spacial score (nSPS) is 42.8. The highest BCUT2D eigenvalue weighted by Gasteiger charge is 2.75. The molecule has 0 amide bonds. The van der Waals surface area contributed by atoms with Gasteiger partial charge in [0.15, 0.2) is 0 Å². The zero-order valence-corrected chi connectivity index (χ0v) is 15.1. The van der Waals surface area contributed by atoms with Gasteiger partial charge < -0.3 is 0 Å². The number of rotatable bonds is 4. The van der Waals surface area contributed by atoms with Crippen LogP contribution in [0, 0.1) is 23.7 Å². The number of benzene rings is 1. The Balaban J connectivity index is 1.88. The van der Waals surface area contributed by atoms with Gasteiger partial charge in [-0.2, -0.15) is 0 Å². The summed E-state index contributed by atoms with van der Waals surface area (Å²) in [5.41, 5.74) is 1.26. The minimum Gasteiger partial charge on any atom is -0.290 e. The molecule has 1 aromatic carbocycles. The van der Waals surface area contributed by atoms with Crippen LogP contribution in [0.25, 0.3) is 0 Å². The van der Waals surface area contributed by atoms with Gasteiger partial charge >= 0.3 is 0 Å². The fraction of sp³-hybridized carbons (Fsp3) is 0.565. The van der Waals surface area contributed by atoms with Crippen molar-refractivity contribution in [2.45, 2.75) is 56.8 Å². The fourth-order valence-electron chi connectivity index (χ4n) is 7.36. The first-order chi connectivity index (χ1) is 12.1. The smallest absolute Gasteiger partial charge is 0.210 e. The van der Waals surface area contributed by atoms with E-state index in [2.05, 4.69) is 50.3 Å². The van der Waals surface area contributed by atoms with Gasteiger partial charge in [0.25, 0.3) is 0 Å². The highest BCUT2D eigenvalue weighted by molar-refractivity contribution is 6.46. The number of Topliss-reactive ketones (excluding diaryl/α,β-unsaturated/α-hetero) is 2. The van der Waals surface area contributed by atoms with Gasteiger partial charge in [-0.05, 0) is 54.1 Å². The highest BCUT2D eigenvalue weighted by atomic mass is 16.2. The van der Waals surface area contributed by atoms with Crippen LogP contribution in [0.15, 0.2) is 36.4 Å². The maximum atomic E-state index is 13.6. The second-order valence-corrected chi connectivity index (χ2v) is 8.65. The number of hydrogen-bond acceptors (Lipinski definition) is 2. The van der Waals surface area contributed by atoms with Crippen LogP contribution in [0.2, 0.25) is 0 Å². The first-order valence-electron chi connectivity index (χ1n) is 10.0. The molecule has 0 aromatic heterocycles. The molecular formula is C23H26O2. The SMILES string of the molecule is CCC[C@]12C(=O)C(=O)[C@](CCC)(c3ccccc31)[C@H]1[C@@H]2[C@@H]2C=C[C@H]1C2. The number of allylic oxidation sites excluding steroid dienone is 2. The molecule has 1 aromatic rings. The van der Waals surface area contributed by atoms with E-state index in [1.807, 2.05) is 0 Å². The van der Waals surface area contributed by atoms with Gasteiger partial charge in [0.1, 0.15) is 0 Å². The Kier molecular flexibility index (Phi) is 3.07. The molecule has 130 valence electrons. The third-order valence-electron chi connectivity index (χ3n) is 7.79. The highest BCUT2D eigenvalue weighted by Crippen LogP contribution is 2.70. The minimum atomic E-state index is -0.563. The van der Waals surface area contributed by atoms with Crippen LogP contribution < -0.4 is 0 Å². The topological polar surface area (TPSA) is 34.1 Å². The second kappa shape index (κ2) is 4.93. The lowest BCUT2D eigenvalue weighted by Gasteiger charge is -2.61. The lowest BCUT2D eigenvalue weighted by molar-refractivity contribution is -0.157. The summed E-state index contributed by atoms with van der Waals surface area (Å²) in [6, 6.07) is 8.44. The van der Waals surface area contributed by atoms with E-state index in [0.29, 0.717) is 23.7 Å². The molecule has 2 fully saturated rings. The quantitative estimate of drug-likeness (QED) is 0.605. The van der Waals surface area contributed by atoms with E-state index >= 15 is 0 Å². The number of fused-ring (bicyclic) bond motifs is 3. The molecule has 25 heavy (non-hydrogen) atoms. The summed E-state index contributed by atoms with van der Waals surface area (Å²) >= 11 is 0. The summed E-state index contributed by atoms with van der Waals surface area (Å²) in [7, 11) is 0. The summed E-state index contributed by atoms with van der Waals surface area (Å²) in [5.74, 6) is 1.47. The first kappa shape index (κ1) is 15.5. The number of carbonyl (C=O) groups is 2. The van der Waals surface area contributed by atoms with Gasteiger partial charge in [-0.1, -0.05) is 63.1 Å². The molecule has 6 rings (SSSR count). The van der Waals surface area contributed by atoms with Crippen LogP contribution in [-0.2, 0) is 20.4 Å². The minimum absolute atomic E-state index is 0.0660. The molecule has 0 spiro atoms. The molecule has 4 bridgehead atoms. The molecule has 2 nitrogen and oxygen atoms in total. The van der Waals surface area contributed by atoms with E-state index in [0.717, 1.165) is 32.1 Å². The third kappa shape index (κ3) is 1.50. The zero-order chi connectivity index (χ0) is 17.4. The van der Waals surface area contributed by atoms with E-state index in [9.17, 15) is 9.59 Å². The van der Waals surface area contributed by atoms with Crippen LogP contribution in [-0.4, -0.2) is 11.6 Å². The maximum absolute atomic E-state index is 13.6. The Morgan fingerprint density at radius 3 is 1.68 bits per heavy atom. The summed E-state index contributed by atoms with van der Waals surface area (Å²) in [6.45, 7) is 4.30. The fourth-order valence-corrected chi connectivity index (χ4v) is 7.36. The van der Waals surface area contributed by atoms with Crippen molar-refractivity contribution in [1.29, 1.82) is 0 Å². The molecule has 0 unspecified atom stereocenters. The second-order valence-electron chi connectivity index (χ2n) is 8.65. The largest absolute Gasteiger partial charge is 0.290 e. The summed E-state index contributed by atoms with van der Waals surface area (Å²) in [4.78, 5) is 27.2. The van der Waals surface area contributed by atoms with Crippen molar-refractivity contribution in [3.05, 3.63) is 47.5 Å². The molecule has 0 radical (unpaired) electrons. The lowest BCUT2D eigenvalue weighted by atomic mass is 9.38. The number of carbonyl (C=O) groups excluding carboxylic acids is 2. The van der Waals surface area contributed by atoms with Crippen molar-refractivity contribution >= 4 is 11.6 Å². The average molecular weight is 334 g/mol. The maximum Gasteiger partial charge on any atom is 0.210 e. The summed E-state index contributed by atoms with van der Waals surface area (Å²) in [5, 5.41) is 0. The van der Waals surface area contributed by atoms with Crippen molar-refractivity contribution < 1.29 is 9.59 Å². The van der Waals surface area contributed by atoms with Crippen molar-refractivity contribution in [3.63, 3.8) is 0 Å². The predicted octanol–water partition coefficient (Wildman–Crippen LogP) is 4.37. The molecule has 2 heteroatoms. The van der Waals surface area contributed by atoms with Gasteiger partial charge in [0, 0.05) is 0 Å². The molecule has 2 saturated carbocycles. The van der Waals surface area contributed by atoms with Gasteiger partial charge in [-0.15, -0.1) is 0 Å². The summed E-state index contributed by atoms with van der Waals surface area (Å²) in [6.07, 6.45) is 9.36. The van der Waals surface area contributed by atoms with Crippen LogP contribution >= 0.6 is 0 Å². The van der Waals surface area contributed by atoms with Crippen LogP contribution in [0.4, 0.5) is 0 Å². The molecule has 6 atom stereocenters. The zero-order valence-electron chi connectivity index (χ0n) is 15.1. The van der Waals surface area contributed by atoms with E-state index in [4.69, 9.17) is 0 Å². The Morgan fingerprint density at radius 1 is 0.840 bits per heavy atom. The van der Waals surface area contributed by atoms with E-state index < -0.39 is 10.8 Å². The molecule has 5 aliphatic rings. The standard InChI is InChI=1S/C23H26O2/c1-3-11-22-16-7-5-6-8-17(16)23(12-4-2,21(25)20(22)24)19-15-10-9-14(13-15)18(19)22/h5-10,14-15,18-19H,3-4,11-13H2,1-2H3/t14-,15+,18+,19-,22+,23-. The molecule has 0 heterocycles.